The third-order valence-electron chi connectivity index (χ3n) is 6.31. The highest BCUT2D eigenvalue weighted by atomic mass is 16.5. The average molecular weight is 357 g/mol. The van der Waals surface area contributed by atoms with Gasteiger partial charge >= 0.3 is 0 Å². The molecular weight excluding hydrogens is 338 g/mol. The molecule has 2 aromatic carbocycles. The number of nitrogens with zero attached hydrogens (tertiary/aromatic N) is 1. The normalized spacial score (nSPS) is 19.3. The Hall–Kier alpha value is -2.90. The largest absolute Gasteiger partial charge is 0.497 e. The fourth-order valence-electron chi connectivity index (χ4n) is 5.00. The number of fused-ring (bicyclic) bond motifs is 5. The van der Waals surface area contributed by atoms with Crippen LogP contribution in [0.4, 0.5) is 0 Å². The molecule has 2 aliphatic carbocycles. The first-order valence-corrected chi connectivity index (χ1v) is 9.26. The number of hydrogen-bond acceptors (Lipinski definition) is 4. The van der Waals surface area contributed by atoms with Crippen molar-refractivity contribution in [3.63, 3.8) is 0 Å². The van der Waals surface area contributed by atoms with Crippen LogP contribution in [0.15, 0.2) is 42.0 Å². The van der Waals surface area contributed by atoms with Gasteiger partial charge in [-0.05, 0) is 71.9 Å². The second-order valence-corrected chi connectivity index (χ2v) is 7.45. The lowest BCUT2D eigenvalue weighted by molar-refractivity contribution is 0.0602. The van der Waals surface area contributed by atoms with Gasteiger partial charge in [0.05, 0.1) is 18.7 Å². The van der Waals surface area contributed by atoms with Gasteiger partial charge in [0.15, 0.2) is 5.78 Å². The van der Waals surface area contributed by atoms with Crippen LogP contribution in [0.5, 0.6) is 5.75 Å². The Kier molecular flexibility index (Phi) is 3.50. The van der Waals surface area contributed by atoms with Crippen molar-refractivity contribution in [2.75, 3.05) is 20.3 Å². The van der Waals surface area contributed by atoms with E-state index in [1.165, 1.54) is 5.57 Å². The fourth-order valence-corrected chi connectivity index (χ4v) is 5.00. The van der Waals surface area contributed by atoms with Crippen molar-refractivity contribution in [2.45, 2.75) is 24.7 Å². The molecule has 0 unspecified atom stereocenters. The van der Waals surface area contributed by atoms with E-state index in [0.29, 0.717) is 18.8 Å². The van der Waals surface area contributed by atoms with E-state index < -0.39 is 0 Å². The number of ketones is 1. The molecule has 5 rings (SSSR count). The minimum Gasteiger partial charge on any atom is -0.497 e. The molecule has 1 heterocycles. The zero-order chi connectivity index (χ0) is 18.6. The maximum absolute atomic E-state index is 13.4. The van der Waals surface area contributed by atoms with Crippen LogP contribution in [-0.4, -0.2) is 26.1 Å². The van der Waals surface area contributed by atoms with E-state index in [0.717, 1.165) is 52.8 Å². The molecular formula is C23H19NO3. The van der Waals surface area contributed by atoms with Crippen LogP contribution in [0.25, 0.3) is 5.57 Å². The highest BCUT2D eigenvalue weighted by Gasteiger charge is 2.48. The Balaban J connectivity index is 1.76. The maximum Gasteiger partial charge on any atom is 0.193 e. The Labute approximate surface area is 158 Å². The average Bonchev–Trinajstić information content (AvgIpc) is 3.12. The van der Waals surface area contributed by atoms with E-state index in [-0.39, 0.29) is 11.2 Å². The number of nitriles is 1. The summed E-state index contributed by atoms with van der Waals surface area (Å²) in [5.74, 6) is 0.863. The van der Waals surface area contributed by atoms with Gasteiger partial charge in [0.25, 0.3) is 0 Å². The number of methoxy groups -OCH3 is 1. The second kappa shape index (κ2) is 5.80. The monoisotopic (exact) mass is 357 g/mol. The van der Waals surface area contributed by atoms with Crippen molar-refractivity contribution in [3.8, 4) is 11.8 Å². The molecule has 27 heavy (non-hydrogen) atoms. The van der Waals surface area contributed by atoms with E-state index in [1.807, 2.05) is 36.4 Å². The van der Waals surface area contributed by atoms with Crippen LogP contribution in [0, 0.1) is 11.3 Å². The van der Waals surface area contributed by atoms with Gasteiger partial charge in [-0.2, -0.15) is 5.26 Å². The predicted molar refractivity (Wildman–Crippen MR) is 101 cm³/mol. The Morgan fingerprint density at radius 3 is 2.63 bits per heavy atom. The van der Waals surface area contributed by atoms with Crippen molar-refractivity contribution in [2.24, 2.45) is 0 Å². The van der Waals surface area contributed by atoms with Crippen molar-refractivity contribution in [1.29, 1.82) is 5.26 Å². The van der Waals surface area contributed by atoms with Crippen molar-refractivity contribution < 1.29 is 14.3 Å². The summed E-state index contributed by atoms with van der Waals surface area (Å²) in [6.45, 7) is 1.36. The Morgan fingerprint density at radius 2 is 1.89 bits per heavy atom. The van der Waals surface area contributed by atoms with E-state index in [4.69, 9.17) is 9.47 Å². The molecule has 1 saturated heterocycles. The van der Waals surface area contributed by atoms with Gasteiger partial charge in [-0.15, -0.1) is 0 Å². The van der Waals surface area contributed by atoms with Crippen molar-refractivity contribution in [1.82, 2.24) is 0 Å². The van der Waals surface area contributed by atoms with Gasteiger partial charge in [0, 0.05) is 29.8 Å². The molecule has 0 radical (unpaired) electrons. The van der Waals surface area contributed by atoms with Gasteiger partial charge in [-0.1, -0.05) is 6.07 Å². The van der Waals surface area contributed by atoms with Gasteiger partial charge in [0.1, 0.15) is 5.75 Å². The number of carbonyl (C=O) groups excluding carboxylic acids is 1. The van der Waals surface area contributed by atoms with Crippen molar-refractivity contribution >= 4 is 11.4 Å². The number of ether oxygens (including phenoxy) is 2. The molecule has 3 aliphatic rings. The molecule has 0 saturated carbocycles. The maximum atomic E-state index is 13.4. The van der Waals surface area contributed by atoms with Crippen molar-refractivity contribution in [3.05, 3.63) is 69.8 Å². The standard InChI is InChI=1S/C23H19NO3/c1-26-16-3-5-18-19(12-16)23(6-8-27-9-7-23)20-11-15-10-14(13-24)2-4-17(15)21(20)22(18)25/h2-5,10,12H,6-9,11H2,1H3. The number of benzene rings is 2. The molecule has 0 bridgehead atoms. The van der Waals surface area contributed by atoms with E-state index >= 15 is 0 Å². The van der Waals surface area contributed by atoms with Crippen LogP contribution >= 0.6 is 0 Å². The molecule has 0 aromatic heterocycles. The summed E-state index contributed by atoms with van der Waals surface area (Å²) in [6.07, 6.45) is 2.44. The first kappa shape index (κ1) is 16.3. The van der Waals surface area contributed by atoms with Gasteiger partial charge in [-0.3, -0.25) is 4.79 Å². The molecule has 1 fully saturated rings. The Morgan fingerprint density at radius 1 is 1.11 bits per heavy atom. The summed E-state index contributed by atoms with van der Waals surface area (Å²) in [5, 5.41) is 9.26. The van der Waals surface area contributed by atoms with Crippen LogP contribution < -0.4 is 4.74 Å². The summed E-state index contributed by atoms with van der Waals surface area (Å²) in [4.78, 5) is 13.4. The number of carbonyl (C=O) groups is 1. The van der Waals surface area contributed by atoms with Crippen LogP contribution in [0.3, 0.4) is 0 Å². The lowest BCUT2D eigenvalue weighted by atomic mass is 9.62. The highest BCUT2D eigenvalue weighted by Crippen LogP contribution is 2.54. The lowest BCUT2D eigenvalue weighted by Gasteiger charge is -2.43. The topological polar surface area (TPSA) is 59.3 Å². The summed E-state index contributed by atoms with van der Waals surface area (Å²) in [5.41, 5.74) is 6.39. The minimum absolute atomic E-state index is 0.0863. The van der Waals surface area contributed by atoms with Gasteiger partial charge in [0.2, 0.25) is 0 Å². The lowest BCUT2D eigenvalue weighted by Crippen LogP contribution is -2.40. The quantitative estimate of drug-likeness (QED) is 0.778. The van der Waals surface area contributed by atoms with Crippen LogP contribution in [0.2, 0.25) is 0 Å². The number of Topliss-reactive ketones (excluding diaryl/α,β-unsaturated/α-hetero) is 1. The zero-order valence-corrected chi connectivity index (χ0v) is 15.2. The molecule has 0 amide bonds. The van der Waals surface area contributed by atoms with Crippen LogP contribution in [0.1, 0.15) is 45.5 Å². The number of hydrogen-bond donors (Lipinski definition) is 0. The SMILES string of the molecule is COc1ccc2c(c1)C1(CCOCC1)C1=C(C2=O)c2ccc(C#N)cc2C1. The highest BCUT2D eigenvalue weighted by molar-refractivity contribution is 6.33. The van der Waals surface area contributed by atoms with Crippen LogP contribution in [-0.2, 0) is 16.6 Å². The summed E-state index contributed by atoms with van der Waals surface area (Å²) in [6, 6.07) is 13.7. The molecule has 4 heteroatoms. The molecule has 4 nitrogen and oxygen atoms in total. The molecule has 134 valence electrons. The zero-order valence-electron chi connectivity index (χ0n) is 15.2. The number of allylic oxidation sites excluding steroid dienone is 2. The van der Waals surface area contributed by atoms with Gasteiger partial charge < -0.3 is 9.47 Å². The third-order valence-corrected chi connectivity index (χ3v) is 6.31. The van der Waals surface area contributed by atoms with E-state index in [1.54, 1.807) is 7.11 Å². The minimum atomic E-state index is -0.197. The van der Waals surface area contributed by atoms with Gasteiger partial charge in [-0.25, -0.2) is 0 Å². The third kappa shape index (κ3) is 2.15. The molecule has 1 spiro atoms. The molecule has 0 N–H and O–H groups in total. The van der Waals surface area contributed by atoms with E-state index in [9.17, 15) is 10.1 Å². The first-order chi connectivity index (χ1) is 13.2. The van der Waals surface area contributed by atoms with E-state index in [2.05, 4.69) is 6.07 Å². The molecule has 1 aliphatic heterocycles. The molecule has 2 aromatic rings. The first-order valence-electron chi connectivity index (χ1n) is 9.26. The fraction of sp³-hybridized carbons (Fsp3) is 0.304. The molecule has 0 atom stereocenters. The smallest absolute Gasteiger partial charge is 0.193 e. The Bertz CT molecular complexity index is 1050. The number of rotatable bonds is 1. The summed E-state index contributed by atoms with van der Waals surface area (Å²) < 4.78 is 11.1. The summed E-state index contributed by atoms with van der Waals surface area (Å²) >= 11 is 0. The second-order valence-electron chi connectivity index (χ2n) is 7.45. The summed E-state index contributed by atoms with van der Waals surface area (Å²) in [7, 11) is 1.66. The predicted octanol–water partition coefficient (Wildman–Crippen LogP) is 3.82.